The summed E-state index contributed by atoms with van der Waals surface area (Å²) in [6.45, 7) is 3.02. The fourth-order valence-corrected chi connectivity index (χ4v) is 1.65. The number of carboxylic acids is 1. The van der Waals surface area contributed by atoms with Crippen molar-refractivity contribution in [2.24, 2.45) is 0 Å². The van der Waals surface area contributed by atoms with E-state index in [4.69, 9.17) is 9.94 Å². The lowest BCUT2D eigenvalue weighted by Gasteiger charge is -1.97. The van der Waals surface area contributed by atoms with Crippen molar-refractivity contribution in [2.45, 2.75) is 26.2 Å². The van der Waals surface area contributed by atoms with Crippen LogP contribution in [-0.2, 0) is 4.84 Å². The molecule has 20 heavy (non-hydrogen) atoms. The van der Waals surface area contributed by atoms with Gasteiger partial charge in [-0.25, -0.2) is 10.3 Å². The summed E-state index contributed by atoms with van der Waals surface area (Å²) < 4.78 is 0. The molecule has 0 spiro atoms. The Kier molecular flexibility index (Phi) is 7.31. The van der Waals surface area contributed by atoms with Gasteiger partial charge >= 0.3 is 5.97 Å². The van der Waals surface area contributed by atoms with E-state index in [-0.39, 0.29) is 5.69 Å². The molecule has 0 bridgehead atoms. The molecular weight excluding hydrogens is 258 g/mol. The monoisotopic (exact) mass is 279 g/mol. The fraction of sp³-hybridized carbons (Fsp3) is 0.429. The van der Waals surface area contributed by atoms with Crippen molar-refractivity contribution in [3.8, 4) is 0 Å². The molecule has 0 radical (unpaired) electrons. The highest BCUT2D eigenvalue weighted by Gasteiger charge is 2.10. The number of aromatic carboxylic acids is 1. The number of aromatic nitrogens is 2. The van der Waals surface area contributed by atoms with Gasteiger partial charge in [-0.05, 0) is 12.5 Å². The molecule has 1 aromatic carbocycles. The largest absolute Gasteiger partial charge is 0.476 e. The summed E-state index contributed by atoms with van der Waals surface area (Å²) in [4.78, 5) is 15.5. The van der Waals surface area contributed by atoms with Gasteiger partial charge in [0.25, 0.3) is 0 Å². The van der Waals surface area contributed by atoms with Crippen LogP contribution in [0.25, 0.3) is 10.9 Å². The summed E-state index contributed by atoms with van der Waals surface area (Å²) >= 11 is 0. The SMILES string of the molecule is CCCCCONC.O=C(O)c1n[nH]c2ccccc12. The maximum atomic E-state index is 10.6. The molecule has 2 rings (SSSR count). The molecule has 2 aromatic rings. The Balaban J connectivity index is 0.000000221. The van der Waals surface area contributed by atoms with Crippen molar-refractivity contribution in [1.29, 1.82) is 0 Å². The van der Waals surface area contributed by atoms with Crippen molar-refractivity contribution in [3.63, 3.8) is 0 Å². The molecule has 0 atom stereocenters. The molecular formula is C14H21N3O3. The van der Waals surface area contributed by atoms with Crippen molar-refractivity contribution < 1.29 is 14.7 Å². The van der Waals surface area contributed by atoms with E-state index in [1.807, 2.05) is 6.07 Å². The minimum absolute atomic E-state index is 0.0746. The number of para-hydroxylation sites is 1. The first-order chi connectivity index (χ1) is 9.70. The van der Waals surface area contributed by atoms with E-state index in [9.17, 15) is 4.79 Å². The van der Waals surface area contributed by atoms with Gasteiger partial charge < -0.3 is 9.94 Å². The number of rotatable bonds is 6. The molecule has 0 saturated heterocycles. The number of fused-ring (bicyclic) bond motifs is 1. The van der Waals surface area contributed by atoms with Gasteiger partial charge in [0.05, 0.1) is 12.1 Å². The zero-order valence-corrected chi connectivity index (χ0v) is 11.8. The standard InChI is InChI=1S/C8H6N2O2.C6H15NO/c11-8(12)7-5-3-1-2-4-6(5)9-10-7;1-3-4-5-6-8-7-2/h1-4H,(H,9,10)(H,11,12);7H,3-6H2,1-2H3. The van der Waals surface area contributed by atoms with E-state index >= 15 is 0 Å². The first kappa shape index (κ1) is 16.1. The quantitative estimate of drug-likeness (QED) is 0.559. The number of aromatic amines is 1. The number of hydroxylamine groups is 1. The Labute approximate surface area is 118 Å². The van der Waals surface area contributed by atoms with Crippen LogP contribution in [0.3, 0.4) is 0 Å². The van der Waals surface area contributed by atoms with Gasteiger partial charge in [0.2, 0.25) is 0 Å². The summed E-state index contributed by atoms with van der Waals surface area (Å²) in [5.41, 5.74) is 3.45. The van der Waals surface area contributed by atoms with Crippen LogP contribution in [0.5, 0.6) is 0 Å². The van der Waals surface area contributed by atoms with Crippen LogP contribution in [0.15, 0.2) is 24.3 Å². The molecule has 0 unspecified atom stereocenters. The van der Waals surface area contributed by atoms with E-state index in [0.717, 1.165) is 18.5 Å². The zero-order valence-electron chi connectivity index (χ0n) is 11.8. The summed E-state index contributed by atoms with van der Waals surface area (Å²) in [6, 6.07) is 7.12. The predicted molar refractivity (Wildman–Crippen MR) is 77.6 cm³/mol. The number of hydrogen-bond acceptors (Lipinski definition) is 4. The highest BCUT2D eigenvalue weighted by atomic mass is 16.6. The van der Waals surface area contributed by atoms with Crippen LogP contribution >= 0.6 is 0 Å². The lowest BCUT2D eigenvalue weighted by molar-refractivity contribution is 0.0552. The van der Waals surface area contributed by atoms with E-state index in [1.54, 1.807) is 25.2 Å². The van der Waals surface area contributed by atoms with Gasteiger partial charge in [-0.2, -0.15) is 5.10 Å². The van der Waals surface area contributed by atoms with E-state index in [1.165, 1.54) is 12.8 Å². The number of unbranched alkanes of at least 4 members (excludes halogenated alkanes) is 2. The second-order valence-electron chi connectivity index (χ2n) is 4.18. The van der Waals surface area contributed by atoms with Crippen LogP contribution < -0.4 is 5.48 Å². The van der Waals surface area contributed by atoms with E-state index in [0.29, 0.717) is 5.39 Å². The lowest BCUT2D eigenvalue weighted by atomic mass is 10.2. The van der Waals surface area contributed by atoms with Crippen molar-refractivity contribution >= 4 is 16.9 Å². The fourth-order valence-electron chi connectivity index (χ4n) is 1.65. The number of carbonyl (C=O) groups is 1. The van der Waals surface area contributed by atoms with Gasteiger partial charge in [-0.1, -0.05) is 38.0 Å². The first-order valence-corrected chi connectivity index (χ1v) is 6.65. The average molecular weight is 279 g/mol. The smallest absolute Gasteiger partial charge is 0.357 e. The second-order valence-corrected chi connectivity index (χ2v) is 4.18. The average Bonchev–Trinajstić information content (AvgIpc) is 2.88. The maximum Gasteiger partial charge on any atom is 0.357 e. The molecule has 0 fully saturated rings. The number of nitrogens with zero attached hydrogens (tertiary/aromatic N) is 1. The Morgan fingerprint density at radius 2 is 2.15 bits per heavy atom. The summed E-state index contributed by atoms with van der Waals surface area (Å²) in [5, 5.41) is 15.6. The predicted octanol–water partition coefficient (Wildman–Crippen LogP) is 2.59. The normalized spacial score (nSPS) is 10.1. The third-order valence-corrected chi connectivity index (χ3v) is 2.67. The highest BCUT2D eigenvalue weighted by Crippen LogP contribution is 2.14. The minimum atomic E-state index is -1.01. The lowest BCUT2D eigenvalue weighted by Crippen LogP contribution is -2.07. The Morgan fingerprint density at radius 1 is 1.40 bits per heavy atom. The van der Waals surface area contributed by atoms with E-state index < -0.39 is 5.97 Å². The van der Waals surface area contributed by atoms with Crippen LogP contribution in [0.2, 0.25) is 0 Å². The van der Waals surface area contributed by atoms with Crippen molar-refractivity contribution in [1.82, 2.24) is 15.7 Å². The summed E-state index contributed by atoms with van der Waals surface area (Å²) in [5.74, 6) is -1.01. The molecule has 6 heteroatoms. The third-order valence-electron chi connectivity index (χ3n) is 2.67. The molecule has 1 aromatic heterocycles. The van der Waals surface area contributed by atoms with Gasteiger partial charge in [-0.15, -0.1) is 0 Å². The number of hydrogen-bond donors (Lipinski definition) is 3. The Bertz CT molecular complexity index is 519. The van der Waals surface area contributed by atoms with Gasteiger partial charge in [0, 0.05) is 12.4 Å². The number of nitrogens with one attached hydrogen (secondary N) is 2. The maximum absolute atomic E-state index is 10.6. The Morgan fingerprint density at radius 3 is 2.80 bits per heavy atom. The highest BCUT2D eigenvalue weighted by molar-refractivity contribution is 6.00. The van der Waals surface area contributed by atoms with E-state index in [2.05, 4.69) is 22.6 Å². The Hall–Kier alpha value is -1.92. The molecule has 6 nitrogen and oxygen atoms in total. The van der Waals surface area contributed by atoms with Crippen LogP contribution in [-0.4, -0.2) is 34.9 Å². The zero-order chi connectivity index (χ0) is 14.8. The first-order valence-electron chi connectivity index (χ1n) is 6.65. The minimum Gasteiger partial charge on any atom is -0.476 e. The number of H-pyrrole nitrogens is 1. The molecule has 0 aliphatic rings. The van der Waals surface area contributed by atoms with Gasteiger partial charge in [0.15, 0.2) is 5.69 Å². The second kappa shape index (κ2) is 9.06. The topological polar surface area (TPSA) is 87.2 Å². The molecule has 0 aliphatic heterocycles. The van der Waals surface area contributed by atoms with Crippen LogP contribution in [0, 0.1) is 0 Å². The molecule has 3 N–H and O–H groups in total. The molecule has 1 heterocycles. The van der Waals surface area contributed by atoms with Crippen molar-refractivity contribution in [2.75, 3.05) is 13.7 Å². The molecule has 0 amide bonds. The number of carboxylic acid groups (broad SMARTS) is 1. The third kappa shape index (κ3) is 4.99. The molecule has 0 saturated carbocycles. The molecule has 0 aliphatic carbocycles. The van der Waals surface area contributed by atoms with Crippen LogP contribution in [0.1, 0.15) is 36.7 Å². The number of benzene rings is 1. The molecule has 110 valence electrons. The van der Waals surface area contributed by atoms with Crippen LogP contribution in [0.4, 0.5) is 0 Å². The summed E-state index contributed by atoms with van der Waals surface area (Å²) in [6.07, 6.45) is 3.69. The summed E-state index contributed by atoms with van der Waals surface area (Å²) in [7, 11) is 1.78. The van der Waals surface area contributed by atoms with Gasteiger partial charge in [0.1, 0.15) is 0 Å². The van der Waals surface area contributed by atoms with Crippen molar-refractivity contribution in [3.05, 3.63) is 30.0 Å². The van der Waals surface area contributed by atoms with Gasteiger partial charge in [-0.3, -0.25) is 5.10 Å².